The van der Waals surface area contributed by atoms with Crippen LogP contribution in [0.15, 0.2) is 24.3 Å². The predicted molar refractivity (Wildman–Crippen MR) is 90.3 cm³/mol. The smallest absolute Gasteiger partial charge is 0.119 e. The molecule has 2 rings (SSSR count). The molecule has 1 saturated heterocycles. The number of benzene rings is 1. The quantitative estimate of drug-likeness (QED) is 0.895. The fraction of sp³-hybridized carbons (Fsp3) is 0.667. The first-order valence-electron chi connectivity index (χ1n) is 8.22. The molecule has 2 unspecified atom stereocenters. The number of rotatable bonds is 5. The van der Waals surface area contributed by atoms with Gasteiger partial charge in [-0.05, 0) is 57.4 Å². The van der Waals surface area contributed by atoms with Gasteiger partial charge in [-0.2, -0.15) is 0 Å². The van der Waals surface area contributed by atoms with Crippen LogP contribution in [0.1, 0.15) is 41.0 Å². The molecule has 1 N–H and O–H groups in total. The molecule has 0 spiro atoms. The molecule has 1 aliphatic heterocycles. The maximum Gasteiger partial charge on any atom is 0.119 e. The SMILES string of the molecule is CC(C)CC1CN(c2ccc(OC(C)C)cc2)C(C)CN1. The van der Waals surface area contributed by atoms with E-state index in [1.165, 1.54) is 12.1 Å². The zero-order valence-corrected chi connectivity index (χ0v) is 14.1. The van der Waals surface area contributed by atoms with Gasteiger partial charge in [0, 0.05) is 30.9 Å². The monoisotopic (exact) mass is 290 g/mol. The predicted octanol–water partition coefficient (Wildman–Crippen LogP) is 3.69. The number of hydrogen-bond acceptors (Lipinski definition) is 3. The number of nitrogens with zero attached hydrogens (tertiary/aromatic N) is 1. The lowest BCUT2D eigenvalue weighted by molar-refractivity contribution is 0.242. The summed E-state index contributed by atoms with van der Waals surface area (Å²) in [6, 6.07) is 9.67. The van der Waals surface area contributed by atoms with Crippen LogP contribution in [0.3, 0.4) is 0 Å². The van der Waals surface area contributed by atoms with Crippen molar-refractivity contribution < 1.29 is 4.74 Å². The van der Waals surface area contributed by atoms with Crippen LogP contribution in [0.4, 0.5) is 5.69 Å². The molecule has 0 saturated carbocycles. The van der Waals surface area contributed by atoms with E-state index in [9.17, 15) is 0 Å². The van der Waals surface area contributed by atoms with Crippen molar-refractivity contribution in [2.75, 3.05) is 18.0 Å². The zero-order valence-electron chi connectivity index (χ0n) is 14.1. The average molecular weight is 290 g/mol. The molecule has 118 valence electrons. The van der Waals surface area contributed by atoms with Crippen LogP contribution >= 0.6 is 0 Å². The van der Waals surface area contributed by atoms with Gasteiger partial charge in [0.15, 0.2) is 0 Å². The van der Waals surface area contributed by atoms with Crippen LogP contribution in [-0.4, -0.2) is 31.3 Å². The maximum absolute atomic E-state index is 5.73. The highest BCUT2D eigenvalue weighted by molar-refractivity contribution is 5.50. The number of piperazine rings is 1. The summed E-state index contributed by atoms with van der Waals surface area (Å²) in [5.41, 5.74) is 1.30. The van der Waals surface area contributed by atoms with Gasteiger partial charge in [0.2, 0.25) is 0 Å². The third kappa shape index (κ3) is 4.63. The van der Waals surface area contributed by atoms with Crippen molar-refractivity contribution in [1.82, 2.24) is 5.32 Å². The number of anilines is 1. The van der Waals surface area contributed by atoms with E-state index in [1.54, 1.807) is 0 Å². The lowest BCUT2D eigenvalue weighted by Crippen LogP contribution is -2.55. The van der Waals surface area contributed by atoms with Crippen LogP contribution in [-0.2, 0) is 0 Å². The van der Waals surface area contributed by atoms with Gasteiger partial charge in [-0.25, -0.2) is 0 Å². The van der Waals surface area contributed by atoms with Crippen molar-refractivity contribution in [3.8, 4) is 5.75 Å². The van der Waals surface area contributed by atoms with E-state index in [0.29, 0.717) is 12.1 Å². The Bertz CT molecular complexity index is 427. The third-order valence-electron chi connectivity index (χ3n) is 3.95. The molecule has 2 atom stereocenters. The maximum atomic E-state index is 5.73. The summed E-state index contributed by atoms with van der Waals surface area (Å²) >= 11 is 0. The van der Waals surface area contributed by atoms with Gasteiger partial charge < -0.3 is 15.0 Å². The minimum atomic E-state index is 0.226. The Kier molecular flexibility index (Phi) is 5.51. The van der Waals surface area contributed by atoms with Crippen molar-refractivity contribution in [2.45, 2.75) is 59.2 Å². The molecular formula is C18H30N2O. The van der Waals surface area contributed by atoms with Crippen molar-refractivity contribution in [3.05, 3.63) is 24.3 Å². The Morgan fingerprint density at radius 1 is 1.19 bits per heavy atom. The summed E-state index contributed by atoms with van der Waals surface area (Å²) in [5, 5.41) is 3.67. The van der Waals surface area contributed by atoms with Gasteiger partial charge in [0.25, 0.3) is 0 Å². The summed E-state index contributed by atoms with van der Waals surface area (Å²) in [5.74, 6) is 1.69. The second-order valence-electron chi connectivity index (χ2n) is 6.90. The fourth-order valence-corrected chi connectivity index (χ4v) is 3.00. The molecule has 21 heavy (non-hydrogen) atoms. The molecule has 3 nitrogen and oxygen atoms in total. The second-order valence-corrected chi connectivity index (χ2v) is 6.90. The zero-order chi connectivity index (χ0) is 15.4. The standard InChI is InChI=1S/C18H30N2O/c1-13(2)10-16-12-20(15(5)11-19-16)17-6-8-18(9-7-17)21-14(3)4/h6-9,13-16,19H,10-12H2,1-5H3. The Morgan fingerprint density at radius 3 is 2.43 bits per heavy atom. The van der Waals surface area contributed by atoms with E-state index in [0.717, 1.165) is 24.8 Å². The molecule has 0 amide bonds. The third-order valence-corrected chi connectivity index (χ3v) is 3.95. The van der Waals surface area contributed by atoms with Gasteiger partial charge in [0.05, 0.1) is 6.10 Å². The van der Waals surface area contributed by atoms with Gasteiger partial charge in [-0.1, -0.05) is 13.8 Å². The topological polar surface area (TPSA) is 24.5 Å². The summed E-state index contributed by atoms with van der Waals surface area (Å²) < 4.78 is 5.73. The van der Waals surface area contributed by atoms with E-state index in [1.807, 2.05) is 0 Å². The van der Waals surface area contributed by atoms with Crippen molar-refractivity contribution in [1.29, 1.82) is 0 Å². The molecule has 1 aromatic carbocycles. The molecular weight excluding hydrogens is 260 g/mol. The van der Waals surface area contributed by atoms with E-state index in [-0.39, 0.29) is 6.10 Å². The molecule has 0 radical (unpaired) electrons. The molecule has 1 aromatic rings. The van der Waals surface area contributed by atoms with Crippen molar-refractivity contribution in [2.24, 2.45) is 5.92 Å². The molecule has 1 aliphatic rings. The first kappa shape index (κ1) is 16.2. The number of hydrogen-bond donors (Lipinski definition) is 1. The minimum absolute atomic E-state index is 0.226. The van der Waals surface area contributed by atoms with E-state index < -0.39 is 0 Å². The molecule has 0 bridgehead atoms. The van der Waals surface area contributed by atoms with E-state index in [4.69, 9.17) is 4.74 Å². The summed E-state index contributed by atoms with van der Waals surface area (Å²) in [6.45, 7) is 13.1. The second kappa shape index (κ2) is 7.17. The summed E-state index contributed by atoms with van der Waals surface area (Å²) in [4.78, 5) is 2.52. The number of nitrogens with one attached hydrogen (secondary N) is 1. The first-order valence-corrected chi connectivity index (χ1v) is 8.22. The van der Waals surface area contributed by atoms with E-state index >= 15 is 0 Å². The first-order chi connectivity index (χ1) is 9.95. The highest BCUT2D eigenvalue weighted by Gasteiger charge is 2.25. The van der Waals surface area contributed by atoms with E-state index in [2.05, 4.69) is 69.1 Å². The lowest BCUT2D eigenvalue weighted by atomic mass is 9.99. The fourth-order valence-electron chi connectivity index (χ4n) is 3.00. The van der Waals surface area contributed by atoms with Gasteiger partial charge in [-0.3, -0.25) is 0 Å². The lowest BCUT2D eigenvalue weighted by Gasteiger charge is -2.41. The average Bonchev–Trinajstić information content (AvgIpc) is 2.41. The molecule has 1 fully saturated rings. The van der Waals surface area contributed by atoms with Crippen LogP contribution in [0.5, 0.6) is 5.75 Å². The van der Waals surface area contributed by atoms with Gasteiger partial charge >= 0.3 is 0 Å². The van der Waals surface area contributed by atoms with Gasteiger partial charge in [0.1, 0.15) is 5.75 Å². The summed E-state index contributed by atoms with van der Waals surface area (Å²) in [7, 11) is 0. The summed E-state index contributed by atoms with van der Waals surface area (Å²) in [6.07, 6.45) is 1.46. The van der Waals surface area contributed by atoms with Crippen molar-refractivity contribution in [3.63, 3.8) is 0 Å². The van der Waals surface area contributed by atoms with Crippen LogP contribution in [0.2, 0.25) is 0 Å². The molecule has 0 aromatic heterocycles. The normalized spacial score (nSPS) is 22.9. The Labute approximate surface area is 129 Å². The Morgan fingerprint density at radius 2 is 1.86 bits per heavy atom. The number of ether oxygens (including phenoxy) is 1. The highest BCUT2D eigenvalue weighted by atomic mass is 16.5. The van der Waals surface area contributed by atoms with Crippen LogP contribution < -0.4 is 15.0 Å². The Hall–Kier alpha value is -1.22. The highest BCUT2D eigenvalue weighted by Crippen LogP contribution is 2.24. The van der Waals surface area contributed by atoms with Gasteiger partial charge in [-0.15, -0.1) is 0 Å². The van der Waals surface area contributed by atoms with Crippen LogP contribution in [0.25, 0.3) is 0 Å². The largest absolute Gasteiger partial charge is 0.491 e. The molecule has 0 aliphatic carbocycles. The molecule has 1 heterocycles. The Balaban J connectivity index is 2.04. The minimum Gasteiger partial charge on any atom is -0.491 e. The molecule has 3 heteroatoms. The van der Waals surface area contributed by atoms with Crippen LogP contribution in [0, 0.1) is 5.92 Å². The van der Waals surface area contributed by atoms with Crippen molar-refractivity contribution >= 4 is 5.69 Å².